The van der Waals surface area contributed by atoms with Crippen LogP contribution in [0.4, 0.5) is 13.2 Å². The van der Waals surface area contributed by atoms with Gasteiger partial charge in [0.1, 0.15) is 0 Å². The molecule has 5 heteroatoms. The van der Waals surface area contributed by atoms with Gasteiger partial charge in [-0.05, 0) is 18.6 Å². The zero-order valence-electron chi connectivity index (χ0n) is 6.82. The van der Waals surface area contributed by atoms with E-state index in [9.17, 15) is 13.2 Å². The summed E-state index contributed by atoms with van der Waals surface area (Å²) in [7, 11) is 0. The SMILES string of the molecule is Cc1cnc(CCl)c(C(F)(F)F)c1. The van der Waals surface area contributed by atoms with E-state index in [0.717, 1.165) is 6.07 Å². The third-order valence-electron chi connectivity index (χ3n) is 1.54. The van der Waals surface area contributed by atoms with Crippen LogP contribution in [0.5, 0.6) is 0 Å². The number of hydrogen-bond acceptors (Lipinski definition) is 1. The van der Waals surface area contributed by atoms with E-state index in [0.29, 0.717) is 5.56 Å². The number of aromatic nitrogens is 1. The number of hydrogen-bond donors (Lipinski definition) is 0. The van der Waals surface area contributed by atoms with Crippen molar-refractivity contribution in [2.24, 2.45) is 0 Å². The second-order valence-corrected chi connectivity index (χ2v) is 2.91. The molecule has 72 valence electrons. The van der Waals surface area contributed by atoms with Gasteiger partial charge in [-0.2, -0.15) is 13.2 Å². The van der Waals surface area contributed by atoms with Crippen molar-refractivity contribution < 1.29 is 13.2 Å². The summed E-state index contributed by atoms with van der Waals surface area (Å²) < 4.78 is 37.0. The van der Waals surface area contributed by atoms with Gasteiger partial charge in [0.05, 0.1) is 17.1 Å². The maximum absolute atomic E-state index is 12.3. The molecule has 0 saturated carbocycles. The molecule has 0 amide bonds. The fourth-order valence-electron chi connectivity index (χ4n) is 0.949. The summed E-state index contributed by atoms with van der Waals surface area (Å²) in [5.74, 6) is -0.227. The zero-order valence-corrected chi connectivity index (χ0v) is 7.58. The molecule has 0 fully saturated rings. The molecule has 13 heavy (non-hydrogen) atoms. The smallest absolute Gasteiger partial charge is 0.259 e. The van der Waals surface area contributed by atoms with E-state index in [1.165, 1.54) is 6.20 Å². The number of pyridine rings is 1. The first-order valence-electron chi connectivity index (χ1n) is 3.54. The highest BCUT2D eigenvalue weighted by Crippen LogP contribution is 2.32. The van der Waals surface area contributed by atoms with Gasteiger partial charge in [-0.25, -0.2) is 0 Å². The molecule has 0 aliphatic carbocycles. The second-order valence-electron chi connectivity index (χ2n) is 2.64. The van der Waals surface area contributed by atoms with E-state index in [4.69, 9.17) is 11.6 Å². The van der Waals surface area contributed by atoms with Crippen molar-refractivity contribution in [1.29, 1.82) is 0 Å². The van der Waals surface area contributed by atoms with Crippen LogP contribution in [0.25, 0.3) is 0 Å². The minimum absolute atomic E-state index is 0.125. The van der Waals surface area contributed by atoms with Gasteiger partial charge in [0, 0.05) is 6.20 Å². The summed E-state index contributed by atoms with van der Waals surface area (Å²) in [6.07, 6.45) is -3.00. The molecule has 1 nitrogen and oxygen atoms in total. The molecule has 0 aromatic carbocycles. The molecule has 0 unspecified atom stereocenters. The number of rotatable bonds is 1. The fraction of sp³-hybridized carbons (Fsp3) is 0.375. The first-order valence-corrected chi connectivity index (χ1v) is 4.07. The maximum Gasteiger partial charge on any atom is 0.418 e. The minimum Gasteiger partial charge on any atom is -0.259 e. The Labute approximate surface area is 78.5 Å². The summed E-state index contributed by atoms with van der Waals surface area (Å²) in [5.41, 5.74) is -0.400. The molecule has 0 aliphatic heterocycles. The Morgan fingerprint density at radius 3 is 2.54 bits per heavy atom. The van der Waals surface area contributed by atoms with Crippen LogP contribution in [-0.2, 0) is 12.1 Å². The molecule has 1 heterocycles. The van der Waals surface area contributed by atoms with Crippen LogP contribution in [0.1, 0.15) is 16.8 Å². The summed E-state index contributed by atoms with van der Waals surface area (Å²) in [4.78, 5) is 3.61. The third-order valence-corrected chi connectivity index (χ3v) is 1.79. The van der Waals surface area contributed by atoms with E-state index < -0.39 is 11.7 Å². The molecule has 0 N–H and O–H groups in total. The molecule has 0 aliphatic rings. The zero-order chi connectivity index (χ0) is 10.1. The maximum atomic E-state index is 12.3. The number of halogens is 4. The lowest BCUT2D eigenvalue weighted by Crippen LogP contribution is -2.10. The van der Waals surface area contributed by atoms with Crippen molar-refractivity contribution in [3.63, 3.8) is 0 Å². The van der Waals surface area contributed by atoms with E-state index >= 15 is 0 Å². The van der Waals surface area contributed by atoms with Crippen molar-refractivity contribution in [2.45, 2.75) is 19.0 Å². The lowest BCUT2D eigenvalue weighted by molar-refractivity contribution is -0.138. The molecule has 0 radical (unpaired) electrons. The van der Waals surface area contributed by atoms with Crippen molar-refractivity contribution in [3.8, 4) is 0 Å². The average molecular weight is 210 g/mol. The Morgan fingerprint density at radius 2 is 2.08 bits per heavy atom. The lowest BCUT2D eigenvalue weighted by atomic mass is 10.1. The van der Waals surface area contributed by atoms with Crippen LogP contribution in [0.2, 0.25) is 0 Å². The minimum atomic E-state index is -4.37. The molecule has 0 spiro atoms. The molecule has 1 rings (SSSR count). The van der Waals surface area contributed by atoms with Gasteiger partial charge in [-0.3, -0.25) is 4.98 Å². The summed E-state index contributed by atoms with van der Waals surface area (Å²) >= 11 is 5.33. The topological polar surface area (TPSA) is 12.9 Å². The monoisotopic (exact) mass is 209 g/mol. The Bertz CT molecular complexity index is 309. The quantitative estimate of drug-likeness (QED) is 0.648. The van der Waals surface area contributed by atoms with Crippen molar-refractivity contribution in [3.05, 3.63) is 29.1 Å². The predicted octanol–water partition coefficient (Wildman–Crippen LogP) is 3.15. The average Bonchev–Trinajstić information content (AvgIpc) is 2.03. The van der Waals surface area contributed by atoms with E-state index in [1.54, 1.807) is 6.92 Å². The highest BCUT2D eigenvalue weighted by atomic mass is 35.5. The van der Waals surface area contributed by atoms with Crippen LogP contribution in [-0.4, -0.2) is 4.98 Å². The molecular formula is C8H7ClF3N. The van der Waals surface area contributed by atoms with Crippen molar-refractivity contribution >= 4 is 11.6 Å². The first-order chi connectivity index (χ1) is 5.95. The number of alkyl halides is 4. The van der Waals surface area contributed by atoms with Crippen molar-refractivity contribution in [2.75, 3.05) is 0 Å². The van der Waals surface area contributed by atoms with Gasteiger partial charge in [0.2, 0.25) is 0 Å². The van der Waals surface area contributed by atoms with Crippen LogP contribution in [0.15, 0.2) is 12.3 Å². The van der Waals surface area contributed by atoms with Gasteiger partial charge in [0.25, 0.3) is 0 Å². The van der Waals surface area contributed by atoms with Gasteiger partial charge in [-0.1, -0.05) is 0 Å². The summed E-state index contributed by atoms with van der Waals surface area (Å²) in [6.45, 7) is 1.56. The van der Waals surface area contributed by atoms with Gasteiger partial charge in [-0.15, -0.1) is 11.6 Å². The van der Waals surface area contributed by atoms with Crippen molar-refractivity contribution in [1.82, 2.24) is 4.98 Å². The highest BCUT2D eigenvalue weighted by Gasteiger charge is 2.33. The third kappa shape index (κ3) is 2.34. The molecular weight excluding hydrogens is 203 g/mol. The van der Waals surface area contributed by atoms with Crippen LogP contribution < -0.4 is 0 Å². The number of nitrogens with zero attached hydrogens (tertiary/aromatic N) is 1. The second kappa shape index (κ2) is 3.54. The van der Waals surface area contributed by atoms with Gasteiger partial charge in [0.15, 0.2) is 0 Å². The van der Waals surface area contributed by atoms with Crippen LogP contribution in [0.3, 0.4) is 0 Å². The largest absolute Gasteiger partial charge is 0.418 e. The lowest BCUT2D eigenvalue weighted by Gasteiger charge is -2.10. The van der Waals surface area contributed by atoms with Gasteiger partial charge >= 0.3 is 6.18 Å². The Kier molecular flexibility index (Phi) is 2.81. The van der Waals surface area contributed by atoms with E-state index in [2.05, 4.69) is 4.98 Å². The standard InChI is InChI=1S/C8H7ClF3N/c1-5-2-6(8(10,11)12)7(3-9)13-4-5/h2,4H,3H2,1H3. The number of aryl methyl sites for hydroxylation is 1. The van der Waals surface area contributed by atoms with Crippen LogP contribution >= 0.6 is 11.6 Å². The summed E-state index contributed by atoms with van der Waals surface area (Å²) in [5, 5.41) is 0. The highest BCUT2D eigenvalue weighted by molar-refractivity contribution is 6.17. The van der Waals surface area contributed by atoms with E-state index in [1.807, 2.05) is 0 Å². The molecule has 0 atom stereocenters. The Morgan fingerprint density at radius 1 is 1.46 bits per heavy atom. The fourth-order valence-corrected chi connectivity index (χ4v) is 1.16. The molecule has 1 aromatic rings. The first kappa shape index (κ1) is 10.3. The van der Waals surface area contributed by atoms with E-state index in [-0.39, 0.29) is 11.6 Å². The Balaban J connectivity index is 3.24. The van der Waals surface area contributed by atoms with Crippen LogP contribution in [0, 0.1) is 6.92 Å². The molecule has 0 bridgehead atoms. The summed E-state index contributed by atoms with van der Waals surface area (Å²) in [6, 6.07) is 1.05. The van der Waals surface area contributed by atoms with Gasteiger partial charge < -0.3 is 0 Å². The molecule has 0 saturated heterocycles. The normalized spacial score (nSPS) is 11.8. The Hall–Kier alpha value is -0.770. The predicted molar refractivity (Wildman–Crippen MR) is 43.5 cm³/mol. The molecule has 1 aromatic heterocycles.